The van der Waals surface area contributed by atoms with Crippen LogP contribution in [0.3, 0.4) is 0 Å². The molecule has 5 rings (SSSR count). The molecule has 0 saturated heterocycles. The largest absolute Gasteiger partial charge is 0.0616 e. The molecule has 0 unspecified atom stereocenters. The molecule has 22 heavy (non-hydrogen) atoms. The minimum absolute atomic E-state index is 1.16. The number of benzene rings is 5. The fourth-order valence-corrected chi connectivity index (χ4v) is 3.53. The molecule has 0 nitrogen and oxygen atoms in total. The van der Waals surface area contributed by atoms with Crippen LogP contribution in [0.15, 0.2) is 72.8 Å². The summed E-state index contributed by atoms with van der Waals surface area (Å²) in [6.45, 7) is 0. The lowest BCUT2D eigenvalue weighted by Gasteiger charge is -2.12. The Balaban J connectivity index is 2.24. The highest BCUT2D eigenvalue weighted by atomic mass is 14.1. The molecule has 0 spiro atoms. The van der Waals surface area contributed by atoms with Crippen LogP contribution in [-0.4, -0.2) is 0 Å². The van der Waals surface area contributed by atoms with E-state index in [9.17, 15) is 0 Å². The van der Waals surface area contributed by atoms with Gasteiger partial charge in [-0.3, -0.25) is 0 Å². The maximum Gasteiger partial charge on any atom is -0.000718 e. The van der Waals surface area contributed by atoms with Gasteiger partial charge in [0, 0.05) is 0 Å². The third kappa shape index (κ3) is 1.47. The lowest BCUT2D eigenvalue weighted by molar-refractivity contribution is 1.76. The second-order valence-electron chi connectivity index (χ2n) is 5.65. The van der Waals surface area contributed by atoms with Gasteiger partial charge in [0.05, 0.1) is 0 Å². The Kier molecular flexibility index (Phi) is 2.31. The highest BCUT2D eigenvalue weighted by Crippen LogP contribution is 2.38. The highest BCUT2D eigenvalue weighted by molar-refractivity contribution is 6.31. The van der Waals surface area contributed by atoms with Crippen LogP contribution in [0.4, 0.5) is 0 Å². The van der Waals surface area contributed by atoms with Gasteiger partial charge in [-0.05, 0) is 55.2 Å². The van der Waals surface area contributed by atoms with Crippen LogP contribution in [0.2, 0.25) is 0 Å². The van der Waals surface area contributed by atoms with E-state index in [0.29, 0.717) is 0 Å². The van der Waals surface area contributed by atoms with Crippen molar-refractivity contribution in [2.24, 2.45) is 0 Å². The molecule has 0 aliphatic carbocycles. The van der Waals surface area contributed by atoms with Gasteiger partial charge in [0.15, 0.2) is 0 Å². The Hall–Kier alpha value is -2.86. The maximum absolute atomic E-state index is 3.35. The first-order chi connectivity index (χ1) is 10.9. The second-order valence-corrected chi connectivity index (χ2v) is 5.65. The Bertz CT molecular complexity index is 1120. The summed E-state index contributed by atoms with van der Waals surface area (Å²) in [6.07, 6.45) is 0. The predicted octanol–water partition coefficient (Wildman–Crippen LogP) is 5.90. The Morgan fingerprint density at radius 2 is 1.27 bits per heavy atom. The first kappa shape index (κ1) is 11.8. The van der Waals surface area contributed by atoms with E-state index in [-0.39, 0.29) is 0 Å². The molecule has 0 aromatic heterocycles. The molecule has 0 saturated carbocycles. The smallest absolute Gasteiger partial charge is 0.000718 e. The Morgan fingerprint density at radius 3 is 2.14 bits per heavy atom. The topological polar surface area (TPSA) is 0 Å². The van der Waals surface area contributed by atoms with Gasteiger partial charge in [0.25, 0.3) is 0 Å². The lowest BCUT2D eigenvalue weighted by Crippen LogP contribution is -1.85. The number of fused-ring (bicyclic) bond motifs is 8. The van der Waals surface area contributed by atoms with Crippen LogP contribution < -0.4 is 0 Å². The fourth-order valence-electron chi connectivity index (χ4n) is 3.53. The van der Waals surface area contributed by atoms with Crippen molar-refractivity contribution in [3.63, 3.8) is 0 Å². The van der Waals surface area contributed by atoms with Crippen molar-refractivity contribution in [2.75, 3.05) is 0 Å². The SMILES string of the molecule is [c]1[c]c2c(cc1)c1ccccc1c1ccc3ccccc3c21. The first-order valence-electron chi connectivity index (χ1n) is 7.48. The summed E-state index contributed by atoms with van der Waals surface area (Å²) in [4.78, 5) is 0. The van der Waals surface area contributed by atoms with Gasteiger partial charge in [-0.1, -0.05) is 72.8 Å². The first-order valence-corrected chi connectivity index (χ1v) is 7.48. The number of hydrogen-bond acceptors (Lipinski definition) is 0. The minimum Gasteiger partial charge on any atom is -0.0616 e. The van der Waals surface area contributed by atoms with Crippen LogP contribution >= 0.6 is 0 Å². The summed E-state index contributed by atoms with van der Waals surface area (Å²) in [5.41, 5.74) is 0. The normalized spacial score (nSPS) is 11.6. The quantitative estimate of drug-likeness (QED) is 0.309. The zero-order chi connectivity index (χ0) is 14.5. The third-order valence-corrected chi connectivity index (χ3v) is 4.49. The van der Waals surface area contributed by atoms with Crippen molar-refractivity contribution in [1.82, 2.24) is 0 Å². The molecular weight excluding hydrogens is 264 g/mol. The monoisotopic (exact) mass is 276 g/mol. The van der Waals surface area contributed by atoms with E-state index in [1.54, 1.807) is 0 Å². The van der Waals surface area contributed by atoms with Gasteiger partial charge >= 0.3 is 0 Å². The van der Waals surface area contributed by atoms with E-state index in [4.69, 9.17) is 0 Å². The van der Waals surface area contributed by atoms with Gasteiger partial charge in [0.2, 0.25) is 0 Å². The minimum atomic E-state index is 1.16. The van der Waals surface area contributed by atoms with E-state index in [1.807, 2.05) is 6.07 Å². The Morgan fingerprint density at radius 1 is 0.545 bits per heavy atom. The Labute approximate surface area is 128 Å². The molecule has 0 aliphatic heterocycles. The van der Waals surface area contributed by atoms with E-state index >= 15 is 0 Å². The molecule has 0 atom stereocenters. The zero-order valence-corrected chi connectivity index (χ0v) is 11.9. The summed E-state index contributed by atoms with van der Waals surface area (Å²) in [7, 11) is 0. The van der Waals surface area contributed by atoms with E-state index in [1.165, 1.54) is 37.7 Å². The number of rotatable bonds is 0. The lowest BCUT2D eigenvalue weighted by atomic mass is 9.91. The average molecular weight is 276 g/mol. The molecule has 0 amide bonds. The van der Waals surface area contributed by atoms with Crippen LogP contribution in [0.25, 0.3) is 43.1 Å². The summed E-state index contributed by atoms with van der Waals surface area (Å²) in [6, 6.07) is 32.2. The van der Waals surface area contributed by atoms with E-state index < -0.39 is 0 Å². The molecule has 5 aromatic carbocycles. The highest BCUT2D eigenvalue weighted by Gasteiger charge is 2.10. The molecule has 0 heterocycles. The summed E-state index contributed by atoms with van der Waals surface area (Å²) >= 11 is 0. The van der Waals surface area contributed by atoms with E-state index in [0.717, 1.165) is 5.39 Å². The van der Waals surface area contributed by atoms with Crippen LogP contribution in [-0.2, 0) is 0 Å². The fraction of sp³-hybridized carbons (Fsp3) is 0. The standard InChI is InChI=1S/C22H12/c1-2-8-16-15(7-1)13-14-21-19-11-4-3-9-17(19)18-10-5-6-12-20(18)22(16)21/h1-5,7-11,13-14H. The van der Waals surface area contributed by atoms with E-state index in [2.05, 4.69) is 78.9 Å². The molecule has 2 radical (unpaired) electrons. The third-order valence-electron chi connectivity index (χ3n) is 4.49. The maximum atomic E-state index is 3.35. The molecular formula is C22H12. The van der Waals surface area contributed by atoms with Crippen molar-refractivity contribution in [3.05, 3.63) is 84.9 Å². The predicted molar refractivity (Wildman–Crippen MR) is 94.1 cm³/mol. The summed E-state index contributed by atoms with van der Waals surface area (Å²) in [5, 5.41) is 10.1. The van der Waals surface area contributed by atoms with Crippen molar-refractivity contribution in [3.8, 4) is 0 Å². The van der Waals surface area contributed by atoms with Crippen molar-refractivity contribution < 1.29 is 0 Å². The van der Waals surface area contributed by atoms with Gasteiger partial charge in [-0.25, -0.2) is 0 Å². The zero-order valence-electron chi connectivity index (χ0n) is 11.9. The molecule has 0 bridgehead atoms. The molecule has 100 valence electrons. The molecule has 5 aromatic rings. The van der Waals surface area contributed by atoms with Crippen molar-refractivity contribution >= 4 is 43.1 Å². The summed E-state index contributed by atoms with van der Waals surface area (Å²) < 4.78 is 0. The second kappa shape index (κ2) is 4.32. The molecule has 0 aliphatic rings. The van der Waals surface area contributed by atoms with Crippen molar-refractivity contribution in [1.29, 1.82) is 0 Å². The van der Waals surface area contributed by atoms with Gasteiger partial charge in [0.1, 0.15) is 0 Å². The van der Waals surface area contributed by atoms with Crippen LogP contribution in [0, 0.1) is 12.1 Å². The van der Waals surface area contributed by atoms with Crippen LogP contribution in [0.5, 0.6) is 0 Å². The van der Waals surface area contributed by atoms with Crippen LogP contribution in [0.1, 0.15) is 0 Å². The van der Waals surface area contributed by atoms with Gasteiger partial charge in [-0.15, -0.1) is 0 Å². The molecule has 0 fully saturated rings. The molecule has 0 N–H and O–H groups in total. The summed E-state index contributed by atoms with van der Waals surface area (Å²) in [5.74, 6) is 0. The van der Waals surface area contributed by atoms with Gasteiger partial charge < -0.3 is 0 Å². The van der Waals surface area contributed by atoms with Gasteiger partial charge in [-0.2, -0.15) is 0 Å². The average Bonchev–Trinajstić information content (AvgIpc) is 2.61. The number of hydrogen-bond donors (Lipinski definition) is 0. The van der Waals surface area contributed by atoms with Crippen molar-refractivity contribution in [2.45, 2.75) is 0 Å². The molecule has 0 heteroatoms.